The predicted molar refractivity (Wildman–Crippen MR) is 143 cm³/mol. The number of nitrogens with zero attached hydrogens (tertiary/aromatic N) is 1. The van der Waals surface area contributed by atoms with Gasteiger partial charge < -0.3 is 10.2 Å². The van der Waals surface area contributed by atoms with Crippen molar-refractivity contribution in [2.45, 2.75) is 60.0 Å². The summed E-state index contributed by atoms with van der Waals surface area (Å²) in [6, 6.07) is 23.7. The van der Waals surface area contributed by atoms with Gasteiger partial charge in [-0.1, -0.05) is 97.8 Å². The standard InChI is InChI=1S/C31H38N2O2/c1-22(2)20-32-31(35)29(18-26-9-7-6-8-10-26)33(21-27-15-12-23(3)13-16-27)30(34)19-28-17-24(4)11-14-25(28)5/h6-17,22,29H,18-21H2,1-5H3,(H,32,35)/t29-/m1/s1. The molecule has 0 fully saturated rings. The number of benzene rings is 3. The molecule has 3 aromatic carbocycles. The van der Waals surface area contributed by atoms with Crippen LogP contribution in [0.3, 0.4) is 0 Å². The fraction of sp³-hybridized carbons (Fsp3) is 0.355. The number of hydrogen-bond donors (Lipinski definition) is 1. The highest BCUT2D eigenvalue weighted by molar-refractivity contribution is 5.89. The van der Waals surface area contributed by atoms with Crippen LogP contribution in [0.1, 0.15) is 47.2 Å². The van der Waals surface area contributed by atoms with E-state index in [4.69, 9.17) is 0 Å². The molecule has 1 atom stereocenters. The number of carbonyl (C=O) groups is 2. The molecule has 0 radical (unpaired) electrons. The summed E-state index contributed by atoms with van der Waals surface area (Å²) < 4.78 is 0. The lowest BCUT2D eigenvalue weighted by Gasteiger charge is -2.32. The van der Waals surface area contributed by atoms with Gasteiger partial charge in [0.1, 0.15) is 6.04 Å². The number of carbonyl (C=O) groups excluding carboxylic acids is 2. The molecule has 0 aromatic heterocycles. The first-order valence-corrected chi connectivity index (χ1v) is 12.5. The molecular weight excluding hydrogens is 432 g/mol. The lowest BCUT2D eigenvalue weighted by atomic mass is 9.99. The first-order valence-electron chi connectivity index (χ1n) is 12.5. The van der Waals surface area contributed by atoms with E-state index in [9.17, 15) is 9.59 Å². The Balaban J connectivity index is 1.97. The summed E-state index contributed by atoms with van der Waals surface area (Å²) in [5.74, 6) is 0.177. The highest BCUT2D eigenvalue weighted by atomic mass is 16.2. The van der Waals surface area contributed by atoms with Gasteiger partial charge in [0.2, 0.25) is 11.8 Å². The van der Waals surface area contributed by atoms with E-state index in [-0.39, 0.29) is 18.2 Å². The van der Waals surface area contributed by atoms with Gasteiger partial charge in [-0.3, -0.25) is 9.59 Å². The van der Waals surface area contributed by atoms with Crippen molar-refractivity contribution in [1.29, 1.82) is 0 Å². The molecule has 0 saturated carbocycles. The van der Waals surface area contributed by atoms with Crippen LogP contribution in [0, 0.1) is 26.7 Å². The molecule has 0 spiro atoms. The summed E-state index contributed by atoms with van der Waals surface area (Å²) in [4.78, 5) is 29.2. The minimum atomic E-state index is -0.602. The molecule has 0 aliphatic rings. The maximum atomic E-state index is 13.9. The maximum absolute atomic E-state index is 13.9. The molecule has 0 aliphatic heterocycles. The van der Waals surface area contributed by atoms with Gasteiger partial charge in [-0.15, -0.1) is 0 Å². The van der Waals surface area contributed by atoms with E-state index >= 15 is 0 Å². The Morgan fingerprint density at radius 2 is 1.49 bits per heavy atom. The third-order valence-corrected chi connectivity index (χ3v) is 6.28. The largest absolute Gasteiger partial charge is 0.354 e. The smallest absolute Gasteiger partial charge is 0.243 e. The fourth-order valence-electron chi connectivity index (χ4n) is 4.12. The maximum Gasteiger partial charge on any atom is 0.243 e. The minimum absolute atomic E-state index is 0.0418. The zero-order valence-corrected chi connectivity index (χ0v) is 21.7. The van der Waals surface area contributed by atoms with Crippen molar-refractivity contribution in [1.82, 2.24) is 10.2 Å². The quantitative estimate of drug-likeness (QED) is 0.421. The lowest BCUT2D eigenvalue weighted by molar-refractivity contribution is -0.140. The molecular formula is C31H38N2O2. The van der Waals surface area contributed by atoms with Gasteiger partial charge in [0, 0.05) is 19.5 Å². The lowest BCUT2D eigenvalue weighted by Crippen LogP contribution is -2.51. The summed E-state index contributed by atoms with van der Waals surface area (Å²) in [6.07, 6.45) is 0.733. The first-order chi connectivity index (χ1) is 16.7. The molecule has 3 aromatic rings. The van der Waals surface area contributed by atoms with Crippen molar-refractivity contribution in [3.05, 3.63) is 106 Å². The van der Waals surface area contributed by atoms with Crippen molar-refractivity contribution in [2.24, 2.45) is 5.92 Å². The SMILES string of the molecule is Cc1ccc(CN(C(=O)Cc2cc(C)ccc2C)[C@H](Cc2ccccc2)C(=O)NCC(C)C)cc1. The fourth-order valence-corrected chi connectivity index (χ4v) is 4.12. The predicted octanol–water partition coefficient (Wildman–Crippen LogP) is 5.57. The Labute approximate surface area is 210 Å². The molecule has 35 heavy (non-hydrogen) atoms. The first kappa shape index (κ1) is 26.2. The summed E-state index contributed by atoms with van der Waals surface area (Å²) in [5.41, 5.74) is 6.43. The van der Waals surface area contributed by atoms with Crippen molar-refractivity contribution in [2.75, 3.05) is 6.54 Å². The minimum Gasteiger partial charge on any atom is -0.354 e. The van der Waals surface area contributed by atoms with Crippen molar-refractivity contribution in [3.8, 4) is 0 Å². The Morgan fingerprint density at radius 1 is 0.829 bits per heavy atom. The average Bonchev–Trinajstić information content (AvgIpc) is 2.83. The van der Waals surface area contributed by atoms with Crippen molar-refractivity contribution in [3.63, 3.8) is 0 Å². The van der Waals surface area contributed by atoms with Crippen molar-refractivity contribution < 1.29 is 9.59 Å². The summed E-state index contributed by atoms with van der Waals surface area (Å²) >= 11 is 0. The van der Waals surface area contributed by atoms with E-state index < -0.39 is 6.04 Å². The van der Waals surface area contributed by atoms with Gasteiger partial charge in [-0.25, -0.2) is 0 Å². The zero-order valence-electron chi connectivity index (χ0n) is 21.7. The van der Waals surface area contributed by atoms with Crippen LogP contribution in [0.25, 0.3) is 0 Å². The molecule has 3 rings (SSSR count). The number of rotatable bonds is 10. The van der Waals surface area contributed by atoms with Crippen LogP contribution in [0.4, 0.5) is 0 Å². The van der Waals surface area contributed by atoms with Crippen LogP contribution in [0.15, 0.2) is 72.8 Å². The van der Waals surface area contributed by atoms with Gasteiger partial charge in [-0.2, -0.15) is 0 Å². The molecule has 4 nitrogen and oxygen atoms in total. The molecule has 0 heterocycles. The molecule has 2 amide bonds. The number of aryl methyl sites for hydroxylation is 3. The van der Waals surface area contributed by atoms with Crippen LogP contribution in [-0.4, -0.2) is 29.3 Å². The zero-order chi connectivity index (χ0) is 25.4. The van der Waals surface area contributed by atoms with E-state index in [2.05, 4.69) is 37.4 Å². The molecule has 0 saturated heterocycles. The molecule has 4 heteroatoms. The normalized spacial score (nSPS) is 11.8. The van der Waals surface area contributed by atoms with Gasteiger partial charge in [0.15, 0.2) is 0 Å². The molecule has 0 aliphatic carbocycles. The average molecular weight is 471 g/mol. The molecule has 0 unspecified atom stereocenters. The van der Waals surface area contributed by atoms with E-state index in [1.807, 2.05) is 75.4 Å². The highest BCUT2D eigenvalue weighted by Crippen LogP contribution is 2.19. The summed E-state index contributed by atoms with van der Waals surface area (Å²) in [5, 5.41) is 3.08. The Kier molecular flexibility index (Phi) is 9.25. The van der Waals surface area contributed by atoms with Crippen LogP contribution in [0.2, 0.25) is 0 Å². The van der Waals surface area contributed by atoms with Gasteiger partial charge >= 0.3 is 0 Å². The third kappa shape index (κ3) is 7.81. The second-order valence-corrected chi connectivity index (χ2v) is 9.96. The van der Waals surface area contributed by atoms with Crippen molar-refractivity contribution >= 4 is 11.8 Å². The topological polar surface area (TPSA) is 49.4 Å². The monoisotopic (exact) mass is 470 g/mol. The van der Waals surface area contributed by atoms with E-state index in [1.165, 1.54) is 0 Å². The Morgan fingerprint density at radius 3 is 2.14 bits per heavy atom. The van der Waals surface area contributed by atoms with Gasteiger partial charge in [0.25, 0.3) is 0 Å². The number of nitrogens with one attached hydrogen (secondary N) is 1. The Bertz CT molecular complexity index is 1120. The molecule has 184 valence electrons. The van der Waals surface area contributed by atoms with Gasteiger partial charge in [0.05, 0.1) is 6.42 Å². The van der Waals surface area contributed by atoms with E-state index in [0.717, 1.165) is 33.4 Å². The molecule has 0 bridgehead atoms. The van der Waals surface area contributed by atoms with Crippen LogP contribution < -0.4 is 5.32 Å². The number of hydrogen-bond acceptors (Lipinski definition) is 2. The van der Waals surface area contributed by atoms with Crippen LogP contribution >= 0.6 is 0 Å². The third-order valence-electron chi connectivity index (χ3n) is 6.28. The van der Waals surface area contributed by atoms with E-state index in [1.54, 1.807) is 4.90 Å². The highest BCUT2D eigenvalue weighted by Gasteiger charge is 2.30. The summed E-state index contributed by atoms with van der Waals surface area (Å²) in [7, 11) is 0. The summed E-state index contributed by atoms with van der Waals surface area (Å²) in [6.45, 7) is 11.2. The molecule has 1 N–H and O–H groups in total. The van der Waals surface area contributed by atoms with Crippen LogP contribution in [0.5, 0.6) is 0 Å². The van der Waals surface area contributed by atoms with Gasteiger partial charge in [-0.05, 0) is 48.9 Å². The second kappa shape index (κ2) is 12.3. The van der Waals surface area contributed by atoms with Crippen LogP contribution in [-0.2, 0) is 29.0 Å². The van der Waals surface area contributed by atoms with E-state index in [0.29, 0.717) is 25.4 Å². The second-order valence-electron chi connectivity index (χ2n) is 9.96. The Hall–Kier alpha value is -3.40. The number of amides is 2.